The number of ether oxygens (including phenoxy) is 1. The van der Waals surface area contributed by atoms with E-state index in [0.29, 0.717) is 28.6 Å². The van der Waals surface area contributed by atoms with Gasteiger partial charge < -0.3 is 15.0 Å². The van der Waals surface area contributed by atoms with Crippen LogP contribution in [0.1, 0.15) is 49.4 Å². The average molecular weight is 411 g/mol. The van der Waals surface area contributed by atoms with Gasteiger partial charge >= 0.3 is 0 Å². The van der Waals surface area contributed by atoms with Crippen LogP contribution in [-0.4, -0.2) is 16.2 Å². The minimum Gasteiger partial charge on any atom is -0.490 e. The van der Waals surface area contributed by atoms with E-state index >= 15 is 0 Å². The van der Waals surface area contributed by atoms with Crippen molar-refractivity contribution in [3.05, 3.63) is 53.1 Å². The third-order valence-electron chi connectivity index (χ3n) is 4.93. The Hall–Kier alpha value is -2.88. The van der Waals surface area contributed by atoms with Crippen molar-refractivity contribution in [3.8, 4) is 34.7 Å². The number of benzene rings is 2. The van der Waals surface area contributed by atoms with E-state index in [1.807, 2.05) is 32.0 Å². The minimum absolute atomic E-state index is 0. The van der Waals surface area contributed by atoms with Crippen LogP contribution in [0.5, 0.6) is 5.75 Å². The van der Waals surface area contributed by atoms with Gasteiger partial charge in [-0.1, -0.05) is 23.4 Å². The molecule has 7 heteroatoms. The summed E-state index contributed by atoms with van der Waals surface area (Å²) < 4.78 is 11.2. The summed E-state index contributed by atoms with van der Waals surface area (Å²) in [6, 6.07) is 13.6. The van der Waals surface area contributed by atoms with E-state index in [9.17, 15) is 5.26 Å². The van der Waals surface area contributed by atoms with Crippen molar-refractivity contribution in [1.29, 1.82) is 5.26 Å². The molecule has 2 aromatic carbocycles. The van der Waals surface area contributed by atoms with Crippen molar-refractivity contribution in [2.24, 2.45) is 5.73 Å². The Balaban J connectivity index is 0.00000240. The van der Waals surface area contributed by atoms with Crippen molar-refractivity contribution in [2.75, 3.05) is 0 Å². The highest BCUT2D eigenvalue weighted by Gasteiger charge is 2.22. The number of hydrogen-bond donors (Lipinski definition) is 1. The van der Waals surface area contributed by atoms with E-state index in [1.165, 1.54) is 5.56 Å². The Morgan fingerprint density at radius 3 is 2.86 bits per heavy atom. The highest BCUT2D eigenvalue weighted by Crippen LogP contribution is 2.35. The molecule has 150 valence electrons. The van der Waals surface area contributed by atoms with Crippen LogP contribution in [0, 0.1) is 11.3 Å². The molecular formula is C22H23ClN4O2. The molecule has 6 nitrogen and oxygen atoms in total. The smallest absolute Gasteiger partial charge is 0.258 e. The number of nitrogens with zero attached hydrogens (tertiary/aromatic N) is 3. The summed E-state index contributed by atoms with van der Waals surface area (Å²) in [6.45, 7) is 3.84. The summed E-state index contributed by atoms with van der Waals surface area (Å²) in [5.74, 6) is 1.47. The zero-order valence-electron chi connectivity index (χ0n) is 16.4. The molecule has 0 fully saturated rings. The Bertz CT molecular complexity index is 1060. The summed E-state index contributed by atoms with van der Waals surface area (Å²) >= 11 is 0. The number of halogens is 1. The minimum atomic E-state index is -0.0106. The van der Waals surface area contributed by atoms with Crippen LogP contribution in [0.15, 0.2) is 40.9 Å². The van der Waals surface area contributed by atoms with Crippen LogP contribution < -0.4 is 10.5 Å². The van der Waals surface area contributed by atoms with Crippen molar-refractivity contribution in [1.82, 2.24) is 10.1 Å². The van der Waals surface area contributed by atoms with Gasteiger partial charge in [0.1, 0.15) is 11.8 Å². The van der Waals surface area contributed by atoms with Gasteiger partial charge in [-0.05, 0) is 62.4 Å². The molecule has 0 saturated heterocycles. The lowest BCUT2D eigenvalue weighted by molar-refractivity contribution is 0.242. The van der Waals surface area contributed by atoms with Gasteiger partial charge in [0, 0.05) is 17.2 Å². The molecule has 0 spiro atoms. The summed E-state index contributed by atoms with van der Waals surface area (Å²) in [5.41, 5.74) is 10.7. The Labute approximate surface area is 176 Å². The van der Waals surface area contributed by atoms with Crippen LogP contribution >= 0.6 is 12.4 Å². The van der Waals surface area contributed by atoms with Gasteiger partial charge in [-0.3, -0.25) is 0 Å². The maximum atomic E-state index is 9.43. The third-order valence-corrected chi connectivity index (χ3v) is 4.93. The van der Waals surface area contributed by atoms with Gasteiger partial charge in [0.15, 0.2) is 0 Å². The van der Waals surface area contributed by atoms with Crippen molar-refractivity contribution < 1.29 is 9.26 Å². The summed E-state index contributed by atoms with van der Waals surface area (Å²) in [4.78, 5) is 4.58. The Morgan fingerprint density at radius 2 is 2.10 bits per heavy atom. The maximum absolute atomic E-state index is 9.43. The molecule has 29 heavy (non-hydrogen) atoms. The molecule has 1 unspecified atom stereocenters. The molecule has 3 aromatic rings. The molecule has 0 radical (unpaired) electrons. The average Bonchev–Trinajstić information content (AvgIpc) is 3.18. The lowest BCUT2D eigenvalue weighted by Gasteiger charge is -2.23. The first-order valence-corrected chi connectivity index (χ1v) is 9.49. The summed E-state index contributed by atoms with van der Waals surface area (Å²) in [6.07, 6.45) is 3.00. The monoisotopic (exact) mass is 410 g/mol. The topological polar surface area (TPSA) is 98.0 Å². The standard InChI is InChI=1S/C22H22N4O2.ClH/c1-13(2)27-20-10-9-14(11-15(20)12-23)22-25-21(26-28-22)18-7-3-6-17-16(18)5-4-8-19(17)24;/h3,6-7,9-11,13,19H,4-5,8,24H2,1-2H3;1H. The van der Waals surface area contributed by atoms with E-state index < -0.39 is 0 Å². The lowest BCUT2D eigenvalue weighted by Crippen LogP contribution is -2.18. The predicted octanol–water partition coefficient (Wildman–Crippen LogP) is 4.82. The molecule has 4 rings (SSSR count). The fourth-order valence-corrected chi connectivity index (χ4v) is 3.65. The van der Waals surface area contributed by atoms with E-state index in [1.54, 1.807) is 12.1 Å². The lowest BCUT2D eigenvalue weighted by atomic mass is 9.85. The number of rotatable bonds is 4. The third kappa shape index (κ3) is 4.12. The van der Waals surface area contributed by atoms with Crippen LogP contribution in [-0.2, 0) is 6.42 Å². The molecule has 0 saturated carbocycles. The largest absolute Gasteiger partial charge is 0.490 e. The van der Waals surface area contributed by atoms with Crippen LogP contribution in [0.4, 0.5) is 0 Å². The zero-order valence-corrected chi connectivity index (χ0v) is 17.2. The van der Waals surface area contributed by atoms with Crippen LogP contribution in [0.25, 0.3) is 22.8 Å². The van der Waals surface area contributed by atoms with E-state index in [-0.39, 0.29) is 24.6 Å². The molecule has 1 atom stereocenters. The number of fused-ring (bicyclic) bond motifs is 1. The highest BCUT2D eigenvalue weighted by molar-refractivity contribution is 5.85. The first-order chi connectivity index (χ1) is 13.6. The second-order valence-corrected chi connectivity index (χ2v) is 7.28. The van der Waals surface area contributed by atoms with Crippen molar-refractivity contribution >= 4 is 12.4 Å². The SMILES string of the molecule is CC(C)Oc1ccc(-c2nc(-c3cccc4c3CCCC4N)no2)cc1C#N.Cl. The van der Waals surface area contributed by atoms with Crippen molar-refractivity contribution in [3.63, 3.8) is 0 Å². The van der Waals surface area contributed by atoms with Crippen LogP contribution in [0.3, 0.4) is 0 Å². The van der Waals surface area contributed by atoms with E-state index in [4.69, 9.17) is 15.0 Å². The van der Waals surface area contributed by atoms with Gasteiger partial charge in [0.25, 0.3) is 5.89 Å². The molecule has 0 amide bonds. The Kier molecular flexibility index (Phi) is 6.21. The second-order valence-electron chi connectivity index (χ2n) is 7.28. The molecule has 2 N–H and O–H groups in total. The molecule has 0 bridgehead atoms. The van der Waals surface area contributed by atoms with Crippen molar-refractivity contribution in [2.45, 2.75) is 45.3 Å². The molecule has 1 aliphatic carbocycles. The number of aromatic nitrogens is 2. The van der Waals surface area contributed by atoms with Crippen LogP contribution in [0.2, 0.25) is 0 Å². The number of nitriles is 1. The number of nitrogens with two attached hydrogens (primary N) is 1. The molecule has 0 aliphatic heterocycles. The van der Waals surface area contributed by atoms with Gasteiger partial charge in [0.2, 0.25) is 5.82 Å². The highest BCUT2D eigenvalue weighted by atomic mass is 35.5. The van der Waals surface area contributed by atoms with E-state index in [2.05, 4.69) is 22.3 Å². The maximum Gasteiger partial charge on any atom is 0.258 e. The quantitative estimate of drug-likeness (QED) is 0.662. The first-order valence-electron chi connectivity index (χ1n) is 9.49. The normalized spacial score (nSPS) is 15.3. The second kappa shape index (κ2) is 8.64. The summed E-state index contributed by atoms with van der Waals surface area (Å²) in [7, 11) is 0. The number of hydrogen-bond acceptors (Lipinski definition) is 6. The summed E-state index contributed by atoms with van der Waals surface area (Å²) in [5, 5.41) is 13.6. The van der Waals surface area contributed by atoms with Gasteiger partial charge in [-0.15, -0.1) is 12.4 Å². The fraction of sp³-hybridized carbons (Fsp3) is 0.318. The van der Waals surface area contributed by atoms with E-state index in [0.717, 1.165) is 30.4 Å². The molecule has 1 aliphatic rings. The zero-order chi connectivity index (χ0) is 19.7. The van der Waals surface area contributed by atoms with Gasteiger partial charge in [0.05, 0.1) is 11.7 Å². The fourth-order valence-electron chi connectivity index (χ4n) is 3.65. The predicted molar refractivity (Wildman–Crippen MR) is 113 cm³/mol. The van der Waals surface area contributed by atoms with Gasteiger partial charge in [-0.2, -0.15) is 10.2 Å². The van der Waals surface area contributed by atoms with Gasteiger partial charge in [-0.25, -0.2) is 0 Å². The molecule has 1 heterocycles. The molecular weight excluding hydrogens is 388 g/mol. The molecule has 1 aromatic heterocycles. The Morgan fingerprint density at radius 1 is 1.28 bits per heavy atom. The first kappa shape index (κ1) is 20.8.